The van der Waals surface area contributed by atoms with Crippen LogP contribution in [0.4, 0.5) is 33.3 Å². The molecule has 0 aliphatic rings. The molecule has 0 radical (unpaired) electrons. The number of anilines is 2. The van der Waals surface area contributed by atoms with Gasteiger partial charge < -0.3 is 10.6 Å². The second-order valence-electron chi connectivity index (χ2n) is 7.18. The van der Waals surface area contributed by atoms with E-state index in [9.17, 15) is 31.5 Å². The smallest absolute Gasteiger partial charge is 0.233 e. The number of pyridine rings is 1. The van der Waals surface area contributed by atoms with Gasteiger partial charge in [0.25, 0.3) is 0 Å². The molecule has 0 atom stereocenters. The summed E-state index contributed by atoms with van der Waals surface area (Å²) < 4.78 is 67.0. The van der Waals surface area contributed by atoms with Crippen LogP contribution in [0, 0.1) is 29.1 Å². The van der Waals surface area contributed by atoms with Crippen LogP contribution in [-0.2, 0) is 9.59 Å². The van der Waals surface area contributed by atoms with Gasteiger partial charge in [0, 0.05) is 17.3 Å². The van der Waals surface area contributed by atoms with Gasteiger partial charge in [0.15, 0.2) is 23.3 Å². The molecule has 0 saturated heterocycles. The fourth-order valence-corrected chi connectivity index (χ4v) is 3.13. The zero-order valence-electron chi connectivity index (χ0n) is 17.5. The predicted molar refractivity (Wildman–Crippen MR) is 117 cm³/mol. The van der Waals surface area contributed by atoms with Crippen molar-refractivity contribution in [2.24, 2.45) is 0 Å². The molecule has 4 rings (SSSR count). The number of amides is 2. The molecule has 2 aromatic carbocycles. The average molecular weight is 487 g/mol. The van der Waals surface area contributed by atoms with Crippen molar-refractivity contribution in [3.63, 3.8) is 0 Å². The average Bonchev–Trinajstić information content (AvgIpc) is 3.25. The molecule has 0 spiro atoms. The summed E-state index contributed by atoms with van der Waals surface area (Å²) in [5.74, 6) is -13.4. The molecular formula is C23H14F5N5O2. The van der Waals surface area contributed by atoms with E-state index >= 15 is 0 Å². The van der Waals surface area contributed by atoms with Crippen molar-refractivity contribution in [1.82, 2.24) is 15.2 Å². The van der Waals surface area contributed by atoms with Crippen molar-refractivity contribution in [3.05, 3.63) is 83.1 Å². The van der Waals surface area contributed by atoms with Gasteiger partial charge in [-0.25, -0.2) is 22.0 Å². The molecule has 12 heteroatoms. The molecule has 0 unspecified atom stereocenters. The molecular weight excluding hydrogens is 473 g/mol. The van der Waals surface area contributed by atoms with Crippen LogP contribution in [0.15, 0.2) is 42.6 Å². The molecule has 7 nitrogen and oxygen atoms in total. The lowest BCUT2D eigenvalue weighted by Crippen LogP contribution is -2.23. The highest BCUT2D eigenvalue weighted by atomic mass is 19.2. The van der Waals surface area contributed by atoms with E-state index in [0.29, 0.717) is 11.2 Å². The summed E-state index contributed by atoms with van der Waals surface area (Å²) in [5.41, 5.74) is 0.650. The summed E-state index contributed by atoms with van der Waals surface area (Å²) in [4.78, 5) is 28.3. The Morgan fingerprint density at radius 3 is 2.23 bits per heavy atom. The number of nitrogens with one attached hydrogen (secondary N) is 3. The monoisotopic (exact) mass is 487 g/mol. The Bertz CT molecular complexity index is 1440. The molecule has 35 heavy (non-hydrogen) atoms. The molecule has 0 saturated carbocycles. The van der Waals surface area contributed by atoms with E-state index in [1.54, 1.807) is 36.5 Å². The van der Waals surface area contributed by atoms with Crippen molar-refractivity contribution in [1.29, 1.82) is 0 Å². The van der Waals surface area contributed by atoms with E-state index in [-0.39, 0.29) is 5.69 Å². The Morgan fingerprint density at radius 2 is 1.54 bits per heavy atom. The first kappa shape index (κ1) is 23.5. The Kier molecular flexibility index (Phi) is 6.53. The van der Waals surface area contributed by atoms with E-state index in [4.69, 9.17) is 0 Å². The van der Waals surface area contributed by atoms with Crippen LogP contribution in [0.2, 0.25) is 0 Å². The van der Waals surface area contributed by atoms with Crippen LogP contribution < -0.4 is 10.6 Å². The highest BCUT2D eigenvalue weighted by Gasteiger charge is 2.27. The maximum atomic E-state index is 13.7. The SMILES string of the molecule is O=C(CC(=O)Nc1c(F)c(F)c(F)c(F)c1F)Nc1ccc2c(/C=C/c3ccccn3)n[nH]c2c1. The van der Waals surface area contributed by atoms with Gasteiger partial charge in [-0.1, -0.05) is 6.07 Å². The summed E-state index contributed by atoms with van der Waals surface area (Å²) in [7, 11) is 0. The number of halogens is 5. The Balaban J connectivity index is 1.42. The van der Waals surface area contributed by atoms with Gasteiger partial charge in [-0.15, -0.1) is 0 Å². The maximum Gasteiger partial charge on any atom is 0.233 e. The molecule has 0 aliphatic heterocycles. The zero-order valence-corrected chi connectivity index (χ0v) is 17.5. The van der Waals surface area contributed by atoms with Gasteiger partial charge in [-0.2, -0.15) is 5.10 Å². The largest absolute Gasteiger partial charge is 0.326 e. The quantitative estimate of drug-likeness (QED) is 0.158. The van der Waals surface area contributed by atoms with E-state index in [1.165, 1.54) is 11.4 Å². The summed E-state index contributed by atoms with van der Waals surface area (Å²) in [5, 5.41) is 11.7. The van der Waals surface area contributed by atoms with Crippen LogP contribution in [-0.4, -0.2) is 27.0 Å². The lowest BCUT2D eigenvalue weighted by atomic mass is 10.1. The minimum Gasteiger partial charge on any atom is -0.326 e. The number of nitrogens with zero attached hydrogens (tertiary/aromatic N) is 2. The predicted octanol–water partition coefficient (Wildman–Crippen LogP) is 4.79. The minimum atomic E-state index is -2.36. The van der Waals surface area contributed by atoms with Crippen molar-refractivity contribution < 1.29 is 31.5 Å². The van der Waals surface area contributed by atoms with Gasteiger partial charge in [-0.05, 0) is 42.5 Å². The topological polar surface area (TPSA) is 99.8 Å². The number of carbonyl (C=O) groups excluding carboxylic acids is 2. The first-order valence-corrected chi connectivity index (χ1v) is 9.93. The number of carbonyl (C=O) groups is 2. The second-order valence-corrected chi connectivity index (χ2v) is 7.18. The minimum absolute atomic E-state index is 0.274. The van der Waals surface area contributed by atoms with Gasteiger partial charge in [0.05, 0.1) is 16.9 Å². The normalized spacial score (nSPS) is 11.2. The summed E-state index contributed by atoms with van der Waals surface area (Å²) >= 11 is 0. The van der Waals surface area contributed by atoms with E-state index in [2.05, 4.69) is 20.5 Å². The van der Waals surface area contributed by atoms with Gasteiger partial charge in [-0.3, -0.25) is 19.7 Å². The Morgan fingerprint density at radius 1 is 0.857 bits per heavy atom. The van der Waals surface area contributed by atoms with E-state index < -0.39 is 53.0 Å². The lowest BCUT2D eigenvalue weighted by Gasteiger charge is -2.10. The fraction of sp³-hybridized carbons (Fsp3) is 0.0435. The van der Waals surface area contributed by atoms with Crippen molar-refractivity contribution in [2.75, 3.05) is 10.6 Å². The molecule has 3 N–H and O–H groups in total. The van der Waals surface area contributed by atoms with Crippen LogP contribution >= 0.6 is 0 Å². The number of rotatable bonds is 6. The molecule has 2 aromatic heterocycles. The van der Waals surface area contributed by atoms with Crippen LogP contribution in [0.25, 0.3) is 23.1 Å². The number of benzene rings is 2. The van der Waals surface area contributed by atoms with Crippen molar-refractivity contribution >= 4 is 46.2 Å². The third kappa shape index (κ3) is 5.00. The molecule has 2 heterocycles. The fourth-order valence-electron chi connectivity index (χ4n) is 3.13. The third-order valence-electron chi connectivity index (χ3n) is 4.77. The van der Waals surface area contributed by atoms with Crippen LogP contribution in [0.3, 0.4) is 0 Å². The standard InChI is InChI=1S/C23H14F5N5O2/c24-18-19(25)21(27)23(22(28)20(18)26)31-17(35)10-16(34)30-12-4-6-13-14(32-33-15(13)9-12)7-5-11-3-1-2-8-29-11/h1-9H,10H2,(H,30,34)(H,31,35)(H,32,33)/b7-5+. The van der Waals surface area contributed by atoms with E-state index in [0.717, 1.165) is 11.1 Å². The highest BCUT2D eigenvalue weighted by molar-refractivity contribution is 6.08. The van der Waals surface area contributed by atoms with Crippen LogP contribution in [0.1, 0.15) is 17.8 Å². The van der Waals surface area contributed by atoms with E-state index in [1.807, 2.05) is 12.1 Å². The molecule has 0 aliphatic carbocycles. The number of H-pyrrole nitrogens is 1. The summed E-state index contributed by atoms with van der Waals surface area (Å²) in [6.07, 6.45) is 4.23. The maximum absolute atomic E-state index is 13.7. The third-order valence-corrected chi connectivity index (χ3v) is 4.77. The molecule has 0 fully saturated rings. The Hall–Kier alpha value is -4.61. The molecule has 2 amide bonds. The first-order chi connectivity index (χ1) is 16.7. The molecule has 4 aromatic rings. The molecule has 0 bridgehead atoms. The number of aromatic nitrogens is 3. The zero-order chi connectivity index (χ0) is 25.1. The highest BCUT2D eigenvalue weighted by Crippen LogP contribution is 2.27. The van der Waals surface area contributed by atoms with Gasteiger partial charge >= 0.3 is 0 Å². The lowest BCUT2D eigenvalue weighted by molar-refractivity contribution is -0.123. The number of hydrogen-bond donors (Lipinski definition) is 3. The number of hydrogen-bond acceptors (Lipinski definition) is 4. The van der Waals surface area contributed by atoms with Crippen molar-refractivity contribution in [2.45, 2.75) is 6.42 Å². The second kappa shape index (κ2) is 9.71. The number of fused-ring (bicyclic) bond motifs is 1. The summed E-state index contributed by atoms with van der Waals surface area (Å²) in [6, 6.07) is 10.2. The number of aromatic amines is 1. The van der Waals surface area contributed by atoms with Gasteiger partial charge in [0.2, 0.25) is 17.6 Å². The molecule has 178 valence electrons. The summed E-state index contributed by atoms with van der Waals surface area (Å²) in [6.45, 7) is 0. The Labute approximate surface area is 193 Å². The first-order valence-electron chi connectivity index (χ1n) is 9.93. The van der Waals surface area contributed by atoms with Gasteiger partial charge in [0.1, 0.15) is 12.1 Å². The van der Waals surface area contributed by atoms with Crippen molar-refractivity contribution in [3.8, 4) is 0 Å². The van der Waals surface area contributed by atoms with Crippen LogP contribution in [0.5, 0.6) is 0 Å².